The van der Waals surface area contributed by atoms with Crippen molar-refractivity contribution in [1.29, 1.82) is 0 Å². The summed E-state index contributed by atoms with van der Waals surface area (Å²) in [7, 11) is 2.16. The van der Waals surface area contributed by atoms with Gasteiger partial charge in [0, 0.05) is 36.2 Å². The molecule has 0 unspecified atom stereocenters. The molecule has 0 N–H and O–H groups in total. The molecule has 2 aliphatic rings. The second-order valence-corrected chi connectivity index (χ2v) is 8.78. The van der Waals surface area contributed by atoms with Crippen LogP contribution in [0, 0.1) is 0 Å². The summed E-state index contributed by atoms with van der Waals surface area (Å²) in [5, 5.41) is 0. The minimum atomic E-state index is 0.141. The molecule has 0 spiro atoms. The summed E-state index contributed by atoms with van der Waals surface area (Å²) in [5.74, 6) is 1.05. The third-order valence-electron chi connectivity index (χ3n) is 5.77. The van der Waals surface area contributed by atoms with Crippen molar-refractivity contribution < 1.29 is 9.53 Å². The van der Waals surface area contributed by atoms with E-state index in [0.717, 1.165) is 73.2 Å². The largest absolute Gasteiger partial charge is 0.490 e. The predicted molar refractivity (Wildman–Crippen MR) is 115 cm³/mol. The zero-order valence-corrected chi connectivity index (χ0v) is 18.0. The van der Waals surface area contributed by atoms with Gasteiger partial charge in [-0.2, -0.15) is 0 Å². The lowest BCUT2D eigenvalue weighted by Crippen LogP contribution is -2.39. The first kappa shape index (κ1) is 19.5. The number of benzene rings is 2. The second-order valence-electron chi connectivity index (χ2n) is 7.86. The number of hydrogen-bond acceptors (Lipinski definition) is 3. The Morgan fingerprint density at radius 3 is 2.71 bits per heavy atom. The number of piperidine rings is 1. The van der Waals surface area contributed by atoms with Gasteiger partial charge in [0.1, 0.15) is 11.9 Å². The Labute approximate surface area is 175 Å². The fraction of sp³-hybridized carbons (Fsp3) is 0.435. The summed E-state index contributed by atoms with van der Waals surface area (Å²) >= 11 is 3.51. The zero-order valence-electron chi connectivity index (χ0n) is 16.4. The normalized spacial score (nSPS) is 18.2. The number of ether oxygens (including phenoxy) is 1. The highest BCUT2D eigenvalue weighted by Gasteiger charge is 2.25. The average Bonchev–Trinajstić information content (AvgIpc) is 2.69. The first-order chi connectivity index (χ1) is 13.6. The zero-order chi connectivity index (χ0) is 19.5. The second kappa shape index (κ2) is 8.66. The number of carbonyl (C=O) groups is 1. The fourth-order valence-electron chi connectivity index (χ4n) is 4.05. The SMILES string of the molecule is CN1CCC(Oc2ccc3c(c2)CCN(CCc2cccc(Br)c2)C3=O)CC1. The van der Waals surface area contributed by atoms with Gasteiger partial charge in [-0.15, -0.1) is 0 Å². The Hall–Kier alpha value is -1.85. The monoisotopic (exact) mass is 442 g/mol. The van der Waals surface area contributed by atoms with Gasteiger partial charge in [-0.3, -0.25) is 4.79 Å². The van der Waals surface area contributed by atoms with E-state index in [0.29, 0.717) is 0 Å². The summed E-state index contributed by atoms with van der Waals surface area (Å²) in [6.07, 6.45) is 4.18. The summed E-state index contributed by atoms with van der Waals surface area (Å²) in [4.78, 5) is 17.2. The van der Waals surface area contributed by atoms with E-state index in [1.54, 1.807) is 0 Å². The number of likely N-dealkylation sites (tertiary alicyclic amines) is 1. The van der Waals surface area contributed by atoms with E-state index in [-0.39, 0.29) is 12.0 Å². The summed E-state index contributed by atoms with van der Waals surface area (Å²) in [6.45, 7) is 3.70. The van der Waals surface area contributed by atoms with Gasteiger partial charge in [-0.25, -0.2) is 0 Å². The van der Waals surface area contributed by atoms with E-state index in [1.807, 2.05) is 29.2 Å². The van der Waals surface area contributed by atoms with Crippen LogP contribution >= 0.6 is 15.9 Å². The maximum atomic E-state index is 12.9. The van der Waals surface area contributed by atoms with Gasteiger partial charge in [0.05, 0.1) is 0 Å². The molecule has 2 aromatic rings. The Bertz CT molecular complexity index is 846. The summed E-state index contributed by atoms with van der Waals surface area (Å²) in [5.41, 5.74) is 3.19. The van der Waals surface area contributed by atoms with Crippen molar-refractivity contribution >= 4 is 21.8 Å². The smallest absolute Gasteiger partial charge is 0.254 e. The molecule has 148 valence electrons. The van der Waals surface area contributed by atoms with Crippen LogP contribution in [0.1, 0.15) is 34.3 Å². The molecule has 2 heterocycles. The molecule has 0 bridgehead atoms. The third kappa shape index (κ3) is 4.58. The maximum Gasteiger partial charge on any atom is 0.254 e. The molecule has 0 aliphatic carbocycles. The van der Waals surface area contributed by atoms with E-state index >= 15 is 0 Å². The number of fused-ring (bicyclic) bond motifs is 1. The van der Waals surface area contributed by atoms with Crippen LogP contribution in [0.3, 0.4) is 0 Å². The van der Waals surface area contributed by atoms with Crippen molar-refractivity contribution in [3.63, 3.8) is 0 Å². The number of carbonyl (C=O) groups excluding carboxylic acids is 1. The van der Waals surface area contributed by atoms with Crippen LogP contribution in [0.15, 0.2) is 46.9 Å². The average molecular weight is 443 g/mol. The molecule has 0 saturated carbocycles. The molecular formula is C23H27BrN2O2. The van der Waals surface area contributed by atoms with Crippen molar-refractivity contribution in [3.8, 4) is 5.75 Å². The molecule has 4 rings (SSSR count). The van der Waals surface area contributed by atoms with Gasteiger partial charge in [-0.05, 0) is 74.2 Å². The first-order valence-electron chi connectivity index (χ1n) is 10.1. The molecule has 0 atom stereocenters. The van der Waals surface area contributed by atoms with E-state index in [9.17, 15) is 4.79 Å². The molecule has 1 amide bonds. The number of halogens is 1. The quantitative estimate of drug-likeness (QED) is 0.696. The maximum absolute atomic E-state index is 12.9. The molecule has 28 heavy (non-hydrogen) atoms. The van der Waals surface area contributed by atoms with Crippen LogP contribution in [-0.4, -0.2) is 55.0 Å². The van der Waals surface area contributed by atoms with Crippen molar-refractivity contribution in [2.45, 2.75) is 31.8 Å². The van der Waals surface area contributed by atoms with Crippen molar-refractivity contribution in [2.75, 3.05) is 33.2 Å². The highest BCUT2D eigenvalue weighted by molar-refractivity contribution is 9.10. The van der Waals surface area contributed by atoms with Crippen molar-refractivity contribution in [2.24, 2.45) is 0 Å². The van der Waals surface area contributed by atoms with Crippen LogP contribution in [0.2, 0.25) is 0 Å². The lowest BCUT2D eigenvalue weighted by molar-refractivity contribution is 0.0741. The highest BCUT2D eigenvalue weighted by Crippen LogP contribution is 2.26. The predicted octanol–water partition coefficient (Wildman–Crippen LogP) is 4.16. The Morgan fingerprint density at radius 2 is 1.93 bits per heavy atom. The van der Waals surface area contributed by atoms with Crippen molar-refractivity contribution in [1.82, 2.24) is 9.80 Å². The van der Waals surface area contributed by atoms with Crippen molar-refractivity contribution in [3.05, 3.63) is 63.6 Å². The Balaban J connectivity index is 1.38. The molecule has 0 aromatic heterocycles. The van der Waals surface area contributed by atoms with Crippen LogP contribution in [0.5, 0.6) is 5.75 Å². The molecule has 1 fully saturated rings. The Morgan fingerprint density at radius 1 is 1.11 bits per heavy atom. The number of nitrogens with zero attached hydrogens (tertiary/aromatic N) is 2. The Kier molecular flexibility index (Phi) is 6.02. The number of amides is 1. The molecule has 0 radical (unpaired) electrons. The number of hydrogen-bond donors (Lipinski definition) is 0. The van der Waals surface area contributed by atoms with Crippen LogP contribution in [0.25, 0.3) is 0 Å². The van der Waals surface area contributed by atoms with Gasteiger partial charge >= 0.3 is 0 Å². The first-order valence-corrected chi connectivity index (χ1v) is 10.9. The summed E-state index contributed by atoms with van der Waals surface area (Å²) < 4.78 is 7.27. The number of rotatable bonds is 5. The van der Waals surface area contributed by atoms with Gasteiger partial charge in [0.2, 0.25) is 0 Å². The lowest BCUT2D eigenvalue weighted by atomic mass is 9.98. The van der Waals surface area contributed by atoms with Gasteiger partial charge in [0.25, 0.3) is 5.91 Å². The topological polar surface area (TPSA) is 32.8 Å². The van der Waals surface area contributed by atoms with E-state index < -0.39 is 0 Å². The van der Waals surface area contributed by atoms with Gasteiger partial charge in [0.15, 0.2) is 0 Å². The molecular weight excluding hydrogens is 416 g/mol. The summed E-state index contributed by atoms with van der Waals surface area (Å²) in [6, 6.07) is 14.3. The van der Waals surface area contributed by atoms with E-state index in [4.69, 9.17) is 4.74 Å². The fourth-order valence-corrected chi connectivity index (χ4v) is 4.50. The molecule has 1 saturated heterocycles. The third-order valence-corrected chi connectivity index (χ3v) is 6.27. The molecule has 5 heteroatoms. The van der Waals surface area contributed by atoms with Gasteiger partial charge < -0.3 is 14.5 Å². The highest BCUT2D eigenvalue weighted by atomic mass is 79.9. The lowest BCUT2D eigenvalue weighted by Gasteiger charge is -2.31. The standard InChI is InChI=1S/C23H27BrN2O2/c1-25-11-9-20(10-12-25)28-21-5-6-22-18(16-21)8-14-26(23(22)27)13-7-17-3-2-4-19(24)15-17/h2-6,15-16,20H,7-14H2,1H3. The van der Waals surface area contributed by atoms with Gasteiger partial charge in [-0.1, -0.05) is 28.1 Å². The molecule has 2 aliphatic heterocycles. The van der Waals surface area contributed by atoms with Crippen LogP contribution < -0.4 is 4.74 Å². The van der Waals surface area contributed by atoms with E-state index in [2.05, 4.69) is 46.1 Å². The van der Waals surface area contributed by atoms with Crippen LogP contribution in [0.4, 0.5) is 0 Å². The molecule has 2 aromatic carbocycles. The molecule has 4 nitrogen and oxygen atoms in total. The minimum Gasteiger partial charge on any atom is -0.490 e. The van der Waals surface area contributed by atoms with E-state index in [1.165, 1.54) is 5.56 Å². The minimum absolute atomic E-state index is 0.141. The van der Waals surface area contributed by atoms with Crippen LogP contribution in [-0.2, 0) is 12.8 Å².